The van der Waals surface area contributed by atoms with E-state index in [1.54, 1.807) is 0 Å². The molecule has 0 radical (unpaired) electrons. The molecular weight excluding hydrogens is 264 g/mol. The summed E-state index contributed by atoms with van der Waals surface area (Å²) in [6.07, 6.45) is 7.20. The summed E-state index contributed by atoms with van der Waals surface area (Å²) in [7, 11) is -1.60. The zero-order chi connectivity index (χ0) is 15.6. The second kappa shape index (κ2) is 5.78. The van der Waals surface area contributed by atoms with Crippen molar-refractivity contribution in [2.45, 2.75) is 64.6 Å². The molecule has 0 aliphatic carbocycles. The Kier molecular flexibility index (Phi) is 4.93. The molecule has 0 N–H and O–H groups in total. The van der Waals surface area contributed by atoms with Gasteiger partial charge in [-0.15, -0.1) is 12.0 Å². The average molecular weight is 290 g/mol. The zero-order valence-electron chi connectivity index (χ0n) is 13.8. The van der Waals surface area contributed by atoms with Crippen molar-refractivity contribution in [3.63, 3.8) is 0 Å². The first kappa shape index (κ1) is 17.0. The van der Waals surface area contributed by atoms with Gasteiger partial charge in [-0.2, -0.15) is 0 Å². The number of rotatable bonds is 1. The van der Waals surface area contributed by atoms with E-state index in [0.717, 1.165) is 5.57 Å². The van der Waals surface area contributed by atoms with Gasteiger partial charge in [0.1, 0.15) is 14.2 Å². The third kappa shape index (κ3) is 4.25. The lowest BCUT2D eigenvalue weighted by molar-refractivity contribution is -0.133. The van der Waals surface area contributed by atoms with Crippen LogP contribution in [0.3, 0.4) is 0 Å². The van der Waals surface area contributed by atoms with E-state index < -0.39 is 13.9 Å². The van der Waals surface area contributed by atoms with Crippen molar-refractivity contribution in [1.29, 1.82) is 0 Å². The maximum Gasteiger partial charge on any atom is 0.163 e. The fraction of sp³-hybridized carbons (Fsp3) is 0.647. The average Bonchev–Trinajstić information content (AvgIpc) is 2.63. The molecule has 0 amide bonds. The molecule has 1 aliphatic heterocycles. The number of hydrogen-bond acceptors (Lipinski definition) is 2. The quantitative estimate of drug-likeness (QED) is 0.541. The summed E-state index contributed by atoms with van der Waals surface area (Å²) in [4.78, 5) is 0. The smallest absolute Gasteiger partial charge is 0.163 e. The van der Waals surface area contributed by atoms with Gasteiger partial charge in [-0.1, -0.05) is 45.7 Å². The second-order valence-electron chi connectivity index (χ2n) is 7.21. The molecule has 1 aliphatic rings. The maximum atomic E-state index is 5.76. The molecule has 1 atom stereocenters. The molecule has 0 aromatic rings. The van der Waals surface area contributed by atoms with E-state index >= 15 is 0 Å². The van der Waals surface area contributed by atoms with E-state index in [1.807, 2.05) is 19.9 Å². The molecule has 3 heteroatoms. The molecule has 1 fully saturated rings. The summed E-state index contributed by atoms with van der Waals surface area (Å²) < 4.78 is 11.3. The van der Waals surface area contributed by atoms with Crippen LogP contribution in [0.25, 0.3) is 0 Å². The van der Waals surface area contributed by atoms with Crippen molar-refractivity contribution in [2.75, 3.05) is 6.61 Å². The molecule has 0 saturated carbocycles. The lowest BCUT2D eigenvalue weighted by Gasteiger charge is -2.31. The van der Waals surface area contributed by atoms with Crippen LogP contribution < -0.4 is 0 Å². The second-order valence-corrected chi connectivity index (χ2v) is 12.2. The van der Waals surface area contributed by atoms with E-state index in [0.29, 0.717) is 6.61 Å². The minimum absolute atomic E-state index is 0.177. The van der Waals surface area contributed by atoms with Gasteiger partial charge in [0.15, 0.2) is 5.79 Å². The normalized spacial score (nSPS) is 22.9. The molecule has 0 aromatic carbocycles. The molecule has 1 saturated heterocycles. The molecule has 110 valence electrons. The van der Waals surface area contributed by atoms with Crippen LogP contribution >= 0.6 is 0 Å². The monoisotopic (exact) mass is 290 g/mol. The molecule has 2 nitrogen and oxygen atoms in total. The van der Waals surface area contributed by atoms with E-state index in [-0.39, 0.29) is 11.1 Å². The summed E-state index contributed by atoms with van der Waals surface area (Å²) >= 11 is 0. The highest BCUT2D eigenvalue weighted by molar-refractivity contribution is 6.87. The van der Waals surface area contributed by atoms with Crippen LogP contribution in [0.4, 0.5) is 0 Å². The lowest BCUT2D eigenvalue weighted by atomic mass is 10.1. The summed E-state index contributed by atoms with van der Waals surface area (Å²) in [5.74, 6) is 5.27. The van der Waals surface area contributed by atoms with Gasteiger partial charge in [0.25, 0.3) is 0 Å². The Morgan fingerprint density at radius 2 is 1.95 bits per heavy atom. The summed E-state index contributed by atoms with van der Waals surface area (Å²) in [6.45, 7) is 15.6. The highest BCUT2D eigenvalue weighted by atomic mass is 28.3. The first-order valence-corrected chi connectivity index (χ1v) is 10.00. The van der Waals surface area contributed by atoms with Gasteiger partial charge in [0.05, 0.1) is 6.61 Å². The Hall–Kier alpha value is -1.00. The van der Waals surface area contributed by atoms with Crippen molar-refractivity contribution in [3.05, 3.63) is 11.6 Å². The van der Waals surface area contributed by atoms with Gasteiger partial charge in [0.2, 0.25) is 0 Å². The third-order valence-corrected chi connectivity index (χ3v) is 8.53. The van der Waals surface area contributed by atoms with Crippen LogP contribution in [-0.2, 0) is 9.47 Å². The van der Waals surface area contributed by atoms with Crippen LogP contribution in [0.15, 0.2) is 11.6 Å². The van der Waals surface area contributed by atoms with Crippen LogP contribution in [0.1, 0.15) is 34.6 Å². The number of ether oxygens (including phenoxy) is 2. The van der Waals surface area contributed by atoms with E-state index in [1.165, 1.54) is 0 Å². The first-order chi connectivity index (χ1) is 8.98. The lowest BCUT2D eigenvalue weighted by Crippen LogP contribution is -2.35. The minimum atomic E-state index is -1.60. The van der Waals surface area contributed by atoms with E-state index in [2.05, 4.69) is 51.2 Å². The van der Waals surface area contributed by atoms with Gasteiger partial charge < -0.3 is 9.47 Å². The Balaban J connectivity index is 2.87. The van der Waals surface area contributed by atoms with Crippen LogP contribution in [0, 0.1) is 23.8 Å². The van der Waals surface area contributed by atoms with Crippen LogP contribution in [-0.4, -0.2) is 26.6 Å². The first-order valence-electron chi connectivity index (χ1n) is 7.00. The molecule has 0 spiro atoms. The number of allylic oxidation sites excluding steroid dienone is 1. The Bertz CT molecular complexity index is 490. The van der Waals surface area contributed by atoms with Crippen LogP contribution in [0.5, 0.6) is 0 Å². The topological polar surface area (TPSA) is 18.5 Å². The summed E-state index contributed by atoms with van der Waals surface area (Å²) in [5.41, 5.74) is 4.19. The Morgan fingerprint density at radius 3 is 2.35 bits per heavy atom. The van der Waals surface area contributed by atoms with Gasteiger partial charge in [-0.25, -0.2) is 0 Å². The number of hydrogen-bond donors (Lipinski definition) is 0. The highest BCUT2D eigenvalue weighted by Gasteiger charge is 2.35. The molecule has 0 bridgehead atoms. The van der Waals surface area contributed by atoms with E-state index in [4.69, 9.17) is 15.9 Å². The highest BCUT2D eigenvalue weighted by Crippen LogP contribution is 2.35. The third-order valence-electron chi connectivity index (χ3n) is 4.01. The van der Waals surface area contributed by atoms with Crippen molar-refractivity contribution in [2.24, 2.45) is 0 Å². The largest absolute Gasteiger partial charge is 0.347 e. The predicted octanol–water partition coefficient (Wildman–Crippen LogP) is 3.75. The Morgan fingerprint density at radius 1 is 1.35 bits per heavy atom. The van der Waals surface area contributed by atoms with Gasteiger partial charge >= 0.3 is 0 Å². The zero-order valence-corrected chi connectivity index (χ0v) is 14.8. The summed E-state index contributed by atoms with van der Waals surface area (Å²) in [5, 5.41) is 0.249. The maximum absolute atomic E-state index is 5.76. The number of terminal acetylenes is 1. The minimum Gasteiger partial charge on any atom is -0.347 e. The Labute approximate surface area is 124 Å². The molecule has 0 aromatic heterocycles. The molecule has 1 rings (SSSR count). The predicted molar refractivity (Wildman–Crippen MR) is 86.8 cm³/mol. The van der Waals surface area contributed by atoms with Gasteiger partial charge in [0, 0.05) is 11.6 Å². The van der Waals surface area contributed by atoms with Crippen molar-refractivity contribution >= 4 is 8.07 Å². The van der Waals surface area contributed by atoms with Gasteiger partial charge in [-0.3, -0.25) is 0 Å². The SMILES string of the molecule is C#C/C(=C\C#C[Si](C)(C)C(C)(C)C)[C@@H]1COC(C)(C)O1. The molecular formula is C17H26O2Si. The fourth-order valence-electron chi connectivity index (χ4n) is 1.55. The molecule has 20 heavy (non-hydrogen) atoms. The standard InChI is InChI=1S/C17H26O2Si/c1-9-14(15-13-18-17(5,6)19-15)11-10-12-20(7,8)16(2,3)4/h1,11,15H,13H2,2-8H3/b14-11+/t15-/m0/s1. The summed E-state index contributed by atoms with van der Waals surface area (Å²) in [6, 6.07) is 0. The van der Waals surface area contributed by atoms with Crippen LogP contribution in [0.2, 0.25) is 18.1 Å². The van der Waals surface area contributed by atoms with Crippen molar-refractivity contribution in [1.82, 2.24) is 0 Å². The fourth-order valence-corrected chi connectivity index (χ4v) is 2.36. The van der Waals surface area contributed by atoms with Crippen molar-refractivity contribution < 1.29 is 9.47 Å². The van der Waals surface area contributed by atoms with E-state index in [9.17, 15) is 0 Å². The van der Waals surface area contributed by atoms with Crippen molar-refractivity contribution in [3.8, 4) is 23.8 Å². The van der Waals surface area contributed by atoms with Gasteiger partial charge in [-0.05, 0) is 18.9 Å². The molecule has 0 unspecified atom stereocenters. The molecule has 1 heterocycles.